The van der Waals surface area contributed by atoms with E-state index in [4.69, 9.17) is 26.1 Å². The highest BCUT2D eigenvalue weighted by molar-refractivity contribution is 9.10. The third kappa shape index (κ3) is 5.43. The number of benzene rings is 1. The van der Waals surface area contributed by atoms with Gasteiger partial charge in [0.25, 0.3) is 5.91 Å². The van der Waals surface area contributed by atoms with Crippen molar-refractivity contribution in [3.05, 3.63) is 44.6 Å². The number of esters is 1. The molecule has 8 nitrogen and oxygen atoms in total. The fraction of sp³-hybridized carbons (Fsp3) is 0.391. The molecule has 0 radical (unpaired) electrons. The molecule has 0 bridgehead atoms. The van der Waals surface area contributed by atoms with Crippen LogP contribution in [-0.4, -0.2) is 70.2 Å². The Morgan fingerprint density at radius 3 is 2.66 bits per heavy atom. The van der Waals surface area contributed by atoms with Gasteiger partial charge < -0.3 is 14.4 Å². The van der Waals surface area contributed by atoms with Crippen LogP contribution >= 0.6 is 50.6 Å². The van der Waals surface area contributed by atoms with Crippen LogP contribution in [0.25, 0.3) is 16.4 Å². The maximum Gasteiger partial charge on any atom is 0.358 e. The van der Waals surface area contributed by atoms with E-state index in [1.807, 2.05) is 6.07 Å². The average molecular weight is 600 g/mol. The summed E-state index contributed by atoms with van der Waals surface area (Å²) >= 11 is 13.0. The van der Waals surface area contributed by atoms with Crippen molar-refractivity contribution < 1.29 is 19.1 Å². The predicted octanol–water partition coefficient (Wildman–Crippen LogP) is 5.48. The zero-order chi connectivity index (χ0) is 25.3. The molecule has 0 spiro atoms. The minimum Gasteiger partial charge on any atom is -0.464 e. The lowest BCUT2D eigenvalue weighted by Crippen LogP contribution is -2.40. The van der Waals surface area contributed by atoms with Crippen LogP contribution in [0, 0.1) is 6.92 Å². The van der Waals surface area contributed by atoms with Crippen LogP contribution in [0.1, 0.15) is 40.4 Å². The molecule has 0 aliphatic carbocycles. The van der Waals surface area contributed by atoms with Gasteiger partial charge in [0.1, 0.15) is 0 Å². The number of hydrogen-bond donors (Lipinski definition) is 0. The third-order valence-corrected chi connectivity index (χ3v) is 8.77. The summed E-state index contributed by atoms with van der Waals surface area (Å²) in [6.45, 7) is 8.06. The molecule has 3 aromatic rings. The number of hydrogen-bond acceptors (Lipinski definition) is 8. The largest absolute Gasteiger partial charge is 0.464 e. The molecule has 12 heteroatoms. The molecule has 1 fully saturated rings. The van der Waals surface area contributed by atoms with Gasteiger partial charge in [0.15, 0.2) is 5.69 Å². The van der Waals surface area contributed by atoms with Gasteiger partial charge in [0.05, 0.1) is 51.0 Å². The van der Waals surface area contributed by atoms with Crippen molar-refractivity contribution in [2.75, 3.05) is 33.4 Å². The molecule has 0 N–H and O–H groups in total. The minimum absolute atomic E-state index is 0.131. The fourth-order valence-corrected chi connectivity index (χ4v) is 6.64. The molecule has 35 heavy (non-hydrogen) atoms. The highest BCUT2D eigenvalue weighted by atomic mass is 79.9. The van der Waals surface area contributed by atoms with Gasteiger partial charge in [-0.05, 0) is 35.0 Å². The lowest BCUT2D eigenvalue weighted by molar-refractivity contribution is 0.0303. The van der Waals surface area contributed by atoms with Crippen molar-refractivity contribution in [2.24, 2.45) is 0 Å². The Morgan fingerprint density at radius 2 is 2.00 bits per heavy atom. The van der Waals surface area contributed by atoms with E-state index in [-0.39, 0.29) is 16.9 Å². The summed E-state index contributed by atoms with van der Waals surface area (Å²) in [6.07, 6.45) is 0. The van der Waals surface area contributed by atoms with Gasteiger partial charge in [0, 0.05) is 23.9 Å². The first-order valence-corrected chi connectivity index (χ1v) is 13.8. The van der Waals surface area contributed by atoms with E-state index in [0.29, 0.717) is 57.9 Å². The number of thioether (sulfide) groups is 1. The molecular formula is C23H24BrClN4O4S2. The van der Waals surface area contributed by atoms with Crippen LogP contribution in [0.2, 0.25) is 5.02 Å². The Bertz CT molecular complexity index is 1270. The van der Waals surface area contributed by atoms with Crippen LogP contribution in [0.5, 0.6) is 0 Å². The number of amides is 1. The number of thiazole rings is 1. The first-order chi connectivity index (χ1) is 16.7. The number of carbonyl (C=O) groups is 2. The first-order valence-electron chi connectivity index (χ1n) is 10.9. The van der Waals surface area contributed by atoms with E-state index >= 15 is 0 Å². The maximum atomic E-state index is 13.2. The number of rotatable bonds is 6. The summed E-state index contributed by atoms with van der Waals surface area (Å²) in [4.78, 5) is 32.3. The second kappa shape index (κ2) is 11.0. The smallest absolute Gasteiger partial charge is 0.358 e. The zero-order valence-corrected chi connectivity index (χ0v) is 23.6. The lowest BCUT2D eigenvalue weighted by atomic mass is 10.1. The third-order valence-electron chi connectivity index (χ3n) is 5.24. The Balaban J connectivity index is 1.81. The molecule has 0 atom stereocenters. The van der Waals surface area contributed by atoms with Gasteiger partial charge in [-0.25, -0.2) is 9.78 Å². The molecule has 2 aromatic heterocycles. The van der Waals surface area contributed by atoms with E-state index in [0.717, 1.165) is 9.77 Å². The number of aryl methyl sites for hydroxylation is 1. The Hall–Kier alpha value is -1.92. The van der Waals surface area contributed by atoms with E-state index < -0.39 is 5.97 Å². The molecule has 1 aliphatic rings. The molecule has 0 saturated carbocycles. The summed E-state index contributed by atoms with van der Waals surface area (Å²) in [5, 5.41) is 5.71. The molecule has 0 unspecified atom stereocenters. The van der Waals surface area contributed by atoms with Crippen molar-refractivity contribution in [1.82, 2.24) is 19.7 Å². The standard InChI is InChI=1S/C23H24BrClN4O4S2/c1-12(2)34-22-18(26-23(35-22)29-19(21(31)32-4)17(24)13(3)27-29)14-5-6-16(25)15(11-14)20(30)28-7-9-33-10-8-28/h5-6,11-12H,7-10H2,1-4H3. The van der Waals surface area contributed by atoms with Gasteiger partial charge in [-0.3, -0.25) is 4.79 Å². The SMILES string of the molecule is COC(=O)c1c(Br)c(C)nn1-c1nc(-c2ccc(Cl)c(C(=O)N3CCOCC3)c2)c(SC(C)C)s1. The van der Waals surface area contributed by atoms with Crippen LogP contribution in [0.3, 0.4) is 0 Å². The second-order valence-corrected chi connectivity index (χ2v) is 12.1. The molecule has 3 heterocycles. The maximum absolute atomic E-state index is 13.2. The first kappa shape index (κ1) is 26.2. The number of morpholine rings is 1. The quantitative estimate of drug-likeness (QED) is 0.274. The van der Waals surface area contributed by atoms with Gasteiger partial charge in [-0.15, -0.1) is 11.8 Å². The predicted molar refractivity (Wildman–Crippen MR) is 141 cm³/mol. The Kier molecular flexibility index (Phi) is 8.22. The summed E-state index contributed by atoms with van der Waals surface area (Å²) in [5.74, 6) is -0.648. The number of aromatic nitrogens is 3. The number of halogens is 2. The van der Waals surface area contributed by atoms with Gasteiger partial charge in [-0.1, -0.05) is 42.9 Å². The van der Waals surface area contributed by atoms with Gasteiger partial charge in [0.2, 0.25) is 5.13 Å². The van der Waals surface area contributed by atoms with Crippen LogP contribution in [0.15, 0.2) is 26.9 Å². The molecule has 1 saturated heterocycles. The molecule has 1 amide bonds. The second-order valence-electron chi connectivity index (χ2n) is 8.05. The molecule has 1 aromatic carbocycles. The van der Waals surface area contributed by atoms with E-state index in [2.05, 4.69) is 34.9 Å². The Morgan fingerprint density at radius 1 is 1.29 bits per heavy atom. The van der Waals surface area contributed by atoms with E-state index in [1.165, 1.54) is 23.1 Å². The van der Waals surface area contributed by atoms with Gasteiger partial charge >= 0.3 is 5.97 Å². The average Bonchev–Trinajstić information content (AvgIpc) is 3.39. The summed E-state index contributed by atoms with van der Waals surface area (Å²) < 4.78 is 13.3. The number of carbonyl (C=O) groups excluding carboxylic acids is 2. The molecule has 1 aliphatic heterocycles. The summed E-state index contributed by atoms with van der Waals surface area (Å²) in [5.41, 5.74) is 2.81. The topological polar surface area (TPSA) is 86.5 Å². The van der Waals surface area contributed by atoms with Crippen molar-refractivity contribution in [3.8, 4) is 16.4 Å². The summed E-state index contributed by atoms with van der Waals surface area (Å²) in [7, 11) is 1.33. The summed E-state index contributed by atoms with van der Waals surface area (Å²) in [6, 6.07) is 5.36. The van der Waals surface area contributed by atoms with Crippen LogP contribution in [-0.2, 0) is 9.47 Å². The van der Waals surface area contributed by atoms with Crippen molar-refractivity contribution in [2.45, 2.75) is 30.2 Å². The van der Waals surface area contributed by atoms with E-state index in [1.54, 1.807) is 35.7 Å². The fourth-order valence-electron chi connectivity index (χ4n) is 3.55. The van der Waals surface area contributed by atoms with E-state index in [9.17, 15) is 9.59 Å². The van der Waals surface area contributed by atoms with Crippen LogP contribution in [0.4, 0.5) is 0 Å². The minimum atomic E-state index is -0.517. The number of methoxy groups -OCH3 is 1. The normalized spacial score (nSPS) is 14.0. The number of nitrogens with zero attached hydrogens (tertiary/aromatic N) is 4. The zero-order valence-electron chi connectivity index (χ0n) is 19.6. The van der Waals surface area contributed by atoms with Crippen molar-refractivity contribution >= 4 is 62.5 Å². The number of ether oxygens (including phenoxy) is 2. The van der Waals surface area contributed by atoms with Crippen molar-refractivity contribution in [1.29, 1.82) is 0 Å². The van der Waals surface area contributed by atoms with Gasteiger partial charge in [-0.2, -0.15) is 9.78 Å². The monoisotopic (exact) mass is 598 g/mol. The highest BCUT2D eigenvalue weighted by Crippen LogP contribution is 2.41. The molecule has 186 valence electrons. The lowest BCUT2D eigenvalue weighted by Gasteiger charge is -2.27. The molecule has 4 rings (SSSR count). The van der Waals surface area contributed by atoms with Crippen molar-refractivity contribution in [3.63, 3.8) is 0 Å². The van der Waals surface area contributed by atoms with Crippen LogP contribution < -0.4 is 0 Å². The Labute approximate surface area is 225 Å². The highest BCUT2D eigenvalue weighted by Gasteiger charge is 2.27. The molecular weight excluding hydrogens is 576 g/mol.